The van der Waals surface area contributed by atoms with Crippen molar-refractivity contribution in [1.29, 1.82) is 0 Å². The number of nitrogens with zero attached hydrogens (tertiary/aromatic N) is 2. The standard InChI is InChI=1S/C4H6N3O/c1-3(8)4-2-5-7-6-4/h2-3,8H,1H2,(H,5,6,7). The van der Waals surface area contributed by atoms with Gasteiger partial charge >= 0.3 is 0 Å². The molecule has 0 spiro atoms. The highest BCUT2D eigenvalue weighted by Crippen LogP contribution is 2.02. The Labute approximate surface area is 46.5 Å². The smallest absolute Gasteiger partial charge is 0.111 e. The van der Waals surface area contributed by atoms with Crippen molar-refractivity contribution in [3.05, 3.63) is 18.8 Å². The molecule has 43 valence electrons. The third-order valence-electron chi connectivity index (χ3n) is 0.777. The number of aromatic amines is 1. The van der Waals surface area contributed by atoms with Gasteiger partial charge in [-0.05, 0) is 6.92 Å². The lowest BCUT2D eigenvalue weighted by molar-refractivity contribution is 0.221. The van der Waals surface area contributed by atoms with E-state index >= 15 is 0 Å². The summed E-state index contributed by atoms with van der Waals surface area (Å²) in [4.78, 5) is 0. The molecule has 1 atom stereocenters. The maximum absolute atomic E-state index is 8.68. The highest BCUT2D eigenvalue weighted by atomic mass is 16.3. The predicted octanol–water partition coefficient (Wildman–Crippen LogP) is -0.328. The van der Waals surface area contributed by atoms with Crippen LogP contribution < -0.4 is 0 Å². The van der Waals surface area contributed by atoms with Gasteiger partial charge in [-0.15, -0.1) is 5.10 Å². The van der Waals surface area contributed by atoms with Crippen LogP contribution >= 0.6 is 0 Å². The lowest BCUT2D eigenvalue weighted by Gasteiger charge is -1.91. The van der Waals surface area contributed by atoms with Gasteiger partial charge in [-0.2, -0.15) is 0 Å². The number of aromatic nitrogens is 3. The van der Waals surface area contributed by atoms with E-state index in [1.807, 2.05) is 0 Å². The van der Waals surface area contributed by atoms with Crippen LogP contribution in [0.25, 0.3) is 0 Å². The minimum atomic E-state index is -0.770. The number of hydrogen-bond acceptors (Lipinski definition) is 3. The Morgan fingerprint density at radius 3 is 2.88 bits per heavy atom. The zero-order valence-corrected chi connectivity index (χ0v) is 4.20. The van der Waals surface area contributed by atoms with Gasteiger partial charge in [-0.25, -0.2) is 0 Å². The Morgan fingerprint density at radius 2 is 2.62 bits per heavy atom. The molecule has 4 heteroatoms. The molecule has 1 radical (unpaired) electrons. The first-order valence-electron chi connectivity index (χ1n) is 2.18. The third kappa shape index (κ3) is 0.840. The van der Waals surface area contributed by atoms with Crippen LogP contribution in [0.1, 0.15) is 11.8 Å². The summed E-state index contributed by atoms with van der Waals surface area (Å²) in [6.07, 6.45) is 0.728. The van der Waals surface area contributed by atoms with E-state index in [0.29, 0.717) is 5.69 Å². The monoisotopic (exact) mass is 112 g/mol. The summed E-state index contributed by atoms with van der Waals surface area (Å²) in [5, 5.41) is 18.0. The Kier molecular flexibility index (Phi) is 1.26. The Balaban J connectivity index is 2.77. The quantitative estimate of drug-likeness (QED) is 0.523. The Morgan fingerprint density at radius 1 is 1.88 bits per heavy atom. The molecule has 1 heterocycles. The van der Waals surface area contributed by atoms with Crippen LogP contribution in [-0.2, 0) is 0 Å². The number of hydrogen-bond donors (Lipinski definition) is 2. The largest absolute Gasteiger partial charge is 0.387 e. The molecule has 0 bridgehead atoms. The first kappa shape index (κ1) is 5.24. The topological polar surface area (TPSA) is 61.8 Å². The zero-order valence-electron chi connectivity index (χ0n) is 4.20. The molecule has 0 aliphatic rings. The van der Waals surface area contributed by atoms with Gasteiger partial charge < -0.3 is 5.11 Å². The summed E-state index contributed by atoms with van der Waals surface area (Å²) in [5.41, 5.74) is 0.463. The molecule has 0 fully saturated rings. The van der Waals surface area contributed by atoms with Gasteiger partial charge in [0.25, 0.3) is 0 Å². The Bertz CT molecular complexity index is 146. The maximum Gasteiger partial charge on any atom is 0.111 e. The van der Waals surface area contributed by atoms with Gasteiger partial charge in [0.05, 0.1) is 6.10 Å². The molecule has 4 nitrogen and oxygen atoms in total. The lowest BCUT2D eigenvalue weighted by atomic mass is 10.3. The number of rotatable bonds is 1. The fourth-order valence-electron chi connectivity index (χ4n) is 0.373. The summed E-state index contributed by atoms with van der Waals surface area (Å²) in [6.45, 7) is 3.31. The van der Waals surface area contributed by atoms with E-state index in [9.17, 15) is 0 Å². The average molecular weight is 112 g/mol. The molecule has 8 heavy (non-hydrogen) atoms. The average Bonchev–Trinajstić information content (AvgIpc) is 2.12. The molecule has 1 aromatic heterocycles. The van der Waals surface area contributed by atoms with Gasteiger partial charge in [-0.3, -0.25) is 5.10 Å². The van der Waals surface area contributed by atoms with Crippen molar-refractivity contribution in [3.63, 3.8) is 0 Å². The van der Waals surface area contributed by atoms with Crippen molar-refractivity contribution in [3.8, 4) is 0 Å². The van der Waals surface area contributed by atoms with E-state index in [4.69, 9.17) is 5.11 Å². The second-order valence-electron chi connectivity index (χ2n) is 1.41. The minimum Gasteiger partial charge on any atom is -0.387 e. The molecule has 0 amide bonds. The van der Waals surface area contributed by atoms with Crippen molar-refractivity contribution >= 4 is 0 Å². The number of aliphatic hydroxyl groups excluding tert-OH is 1. The summed E-state index contributed by atoms with van der Waals surface area (Å²) >= 11 is 0. The van der Waals surface area contributed by atoms with Crippen molar-refractivity contribution < 1.29 is 5.11 Å². The molecule has 0 saturated heterocycles. The van der Waals surface area contributed by atoms with Crippen LogP contribution in [0.15, 0.2) is 6.20 Å². The van der Waals surface area contributed by atoms with Crippen molar-refractivity contribution in [2.24, 2.45) is 0 Å². The lowest BCUT2D eigenvalue weighted by Crippen LogP contribution is -1.90. The highest BCUT2D eigenvalue weighted by Gasteiger charge is 2.00. The number of nitrogens with one attached hydrogen (secondary N) is 1. The molecule has 0 aromatic carbocycles. The van der Waals surface area contributed by atoms with Gasteiger partial charge in [0.2, 0.25) is 0 Å². The number of H-pyrrole nitrogens is 1. The van der Waals surface area contributed by atoms with E-state index in [1.54, 1.807) is 0 Å². The van der Waals surface area contributed by atoms with Crippen LogP contribution in [0, 0.1) is 6.92 Å². The molecule has 2 N–H and O–H groups in total. The SMILES string of the molecule is [CH2]C(O)c1c[nH]nn1. The van der Waals surface area contributed by atoms with Crippen LogP contribution in [0.5, 0.6) is 0 Å². The summed E-state index contributed by atoms with van der Waals surface area (Å²) < 4.78 is 0. The highest BCUT2D eigenvalue weighted by molar-refractivity contribution is 4.96. The maximum atomic E-state index is 8.68. The molecule has 0 aliphatic carbocycles. The molecule has 1 aromatic rings. The summed E-state index contributed by atoms with van der Waals surface area (Å²) in [5.74, 6) is 0. The van der Waals surface area contributed by atoms with E-state index in [2.05, 4.69) is 22.3 Å². The summed E-state index contributed by atoms with van der Waals surface area (Å²) in [6, 6.07) is 0. The van der Waals surface area contributed by atoms with E-state index in [-0.39, 0.29) is 0 Å². The van der Waals surface area contributed by atoms with Gasteiger partial charge in [-0.1, -0.05) is 5.21 Å². The first-order valence-corrected chi connectivity index (χ1v) is 2.18. The zero-order chi connectivity index (χ0) is 5.98. The molecule has 0 saturated carbocycles. The van der Waals surface area contributed by atoms with Gasteiger partial charge in [0, 0.05) is 6.20 Å². The van der Waals surface area contributed by atoms with Gasteiger partial charge in [0.15, 0.2) is 0 Å². The van der Waals surface area contributed by atoms with Crippen LogP contribution in [0.2, 0.25) is 0 Å². The van der Waals surface area contributed by atoms with Crippen molar-refractivity contribution in [2.75, 3.05) is 0 Å². The second kappa shape index (κ2) is 1.92. The molecular formula is C4H6N3O. The second-order valence-corrected chi connectivity index (χ2v) is 1.41. The van der Waals surface area contributed by atoms with Crippen LogP contribution in [0.4, 0.5) is 0 Å². The molecular weight excluding hydrogens is 106 g/mol. The molecule has 1 unspecified atom stereocenters. The van der Waals surface area contributed by atoms with Crippen LogP contribution in [0.3, 0.4) is 0 Å². The van der Waals surface area contributed by atoms with Crippen LogP contribution in [-0.4, -0.2) is 20.5 Å². The normalized spacial score (nSPS) is 13.8. The fraction of sp³-hybridized carbons (Fsp3) is 0.250. The van der Waals surface area contributed by atoms with E-state index in [0.717, 1.165) is 0 Å². The van der Waals surface area contributed by atoms with Crippen molar-refractivity contribution in [2.45, 2.75) is 6.10 Å². The van der Waals surface area contributed by atoms with Crippen molar-refractivity contribution in [1.82, 2.24) is 15.4 Å². The fourth-order valence-corrected chi connectivity index (χ4v) is 0.373. The number of aliphatic hydroxyl groups is 1. The summed E-state index contributed by atoms with van der Waals surface area (Å²) in [7, 11) is 0. The Hall–Kier alpha value is -0.900. The molecule has 1 rings (SSSR count). The predicted molar refractivity (Wildman–Crippen MR) is 26.7 cm³/mol. The third-order valence-corrected chi connectivity index (χ3v) is 0.777. The first-order chi connectivity index (χ1) is 3.80. The molecule has 0 aliphatic heterocycles. The van der Waals surface area contributed by atoms with E-state index in [1.165, 1.54) is 6.20 Å². The van der Waals surface area contributed by atoms with E-state index < -0.39 is 6.10 Å². The van der Waals surface area contributed by atoms with Gasteiger partial charge in [0.1, 0.15) is 5.69 Å². The minimum absolute atomic E-state index is 0.463.